The molecular formula is C15H29NO5. The zero-order chi connectivity index (χ0) is 17.1. The van der Waals surface area contributed by atoms with Crippen molar-refractivity contribution in [3.05, 3.63) is 12.2 Å². The van der Waals surface area contributed by atoms with E-state index >= 15 is 0 Å². The van der Waals surface area contributed by atoms with Gasteiger partial charge in [0, 0.05) is 19.8 Å². The van der Waals surface area contributed by atoms with Crippen molar-refractivity contribution >= 4 is 12.1 Å². The zero-order valence-electron chi connectivity index (χ0n) is 14.1. The Morgan fingerprint density at radius 3 is 2.05 bits per heavy atom. The lowest BCUT2D eigenvalue weighted by atomic mass is 10.1. The van der Waals surface area contributed by atoms with Crippen LogP contribution in [-0.4, -0.2) is 42.5 Å². The number of ether oxygens (including phenoxy) is 2. The number of aliphatic carboxylic acids is 1. The molecule has 0 saturated carbocycles. The van der Waals surface area contributed by atoms with Crippen LogP contribution >= 0.6 is 0 Å². The van der Waals surface area contributed by atoms with Crippen LogP contribution in [0.25, 0.3) is 0 Å². The molecule has 6 heteroatoms. The van der Waals surface area contributed by atoms with E-state index in [9.17, 15) is 9.59 Å². The molecule has 0 fully saturated rings. The van der Waals surface area contributed by atoms with Crippen molar-refractivity contribution < 1.29 is 24.2 Å². The fourth-order valence-corrected chi connectivity index (χ4v) is 0.957. The maximum Gasteiger partial charge on any atom is 0.408 e. The van der Waals surface area contributed by atoms with Gasteiger partial charge in [-0.2, -0.15) is 0 Å². The maximum absolute atomic E-state index is 11.4. The van der Waals surface area contributed by atoms with E-state index in [0.717, 1.165) is 6.61 Å². The highest BCUT2D eigenvalue weighted by atomic mass is 16.6. The van der Waals surface area contributed by atoms with Gasteiger partial charge in [-0.05, 0) is 41.5 Å². The highest BCUT2D eigenvalue weighted by Crippen LogP contribution is 2.07. The molecule has 0 spiro atoms. The van der Waals surface area contributed by atoms with Crippen molar-refractivity contribution in [1.82, 2.24) is 5.32 Å². The summed E-state index contributed by atoms with van der Waals surface area (Å²) >= 11 is 0. The van der Waals surface area contributed by atoms with Crippen LogP contribution in [-0.2, 0) is 14.3 Å². The highest BCUT2D eigenvalue weighted by Gasteiger charge is 2.17. The van der Waals surface area contributed by atoms with Crippen LogP contribution in [0, 0.1) is 5.92 Å². The number of alkyl carbamates (subject to hydrolysis) is 1. The van der Waals surface area contributed by atoms with E-state index in [2.05, 4.69) is 10.1 Å². The largest absolute Gasteiger partial charge is 0.481 e. The average molecular weight is 303 g/mol. The quantitative estimate of drug-likeness (QED) is 0.763. The second-order valence-electron chi connectivity index (χ2n) is 5.52. The van der Waals surface area contributed by atoms with Crippen LogP contribution in [0.1, 0.15) is 41.5 Å². The van der Waals surface area contributed by atoms with Crippen LogP contribution in [0.3, 0.4) is 0 Å². The molecule has 1 amide bonds. The summed E-state index contributed by atoms with van der Waals surface area (Å²) < 4.78 is 9.60. The predicted molar refractivity (Wildman–Crippen MR) is 82.3 cm³/mol. The van der Waals surface area contributed by atoms with Gasteiger partial charge in [-0.3, -0.25) is 4.79 Å². The SMILES string of the molecule is CC(/C=C\C(C)C(=O)O)NC(=O)OC(C)(C)C.CCOC. The zero-order valence-corrected chi connectivity index (χ0v) is 14.1. The first-order valence-corrected chi connectivity index (χ1v) is 6.93. The molecule has 2 unspecified atom stereocenters. The number of amides is 1. The van der Waals surface area contributed by atoms with Crippen LogP contribution in [0.2, 0.25) is 0 Å². The molecule has 0 aromatic heterocycles. The Morgan fingerprint density at radius 1 is 1.24 bits per heavy atom. The smallest absolute Gasteiger partial charge is 0.408 e. The second kappa shape index (κ2) is 11.1. The monoisotopic (exact) mass is 303 g/mol. The first kappa shape index (κ1) is 21.7. The lowest BCUT2D eigenvalue weighted by Crippen LogP contribution is -2.36. The average Bonchev–Trinajstić information content (AvgIpc) is 2.33. The lowest BCUT2D eigenvalue weighted by molar-refractivity contribution is -0.139. The molecular weight excluding hydrogens is 274 g/mol. The topological polar surface area (TPSA) is 84.9 Å². The summed E-state index contributed by atoms with van der Waals surface area (Å²) in [4.78, 5) is 21.9. The molecule has 0 bridgehead atoms. The van der Waals surface area contributed by atoms with Crippen molar-refractivity contribution in [1.29, 1.82) is 0 Å². The molecule has 0 radical (unpaired) electrons. The molecule has 6 nitrogen and oxygen atoms in total. The standard InChI is InChI=1S/C12H21NO4.C3H8O/c1-8(10(14)15)6-7-9(2)13-11(16)17-12(3,4)5;1-3-4-2/h6-9H,1-5H3,(H,13,16)(H,14,15);3H2,1-2H3/b7-6-;. The number of rotatable bonds is 5. The summed E-state index contributed by atoms with van der Waals surface area (Å²) in [6.07, 6.45) is 2.64. The number of methoxy groups -OCH3 is 1. The maximum atomic E-state index is 11.4. The molecule has 0 aromatic rings. The van der Waals surface area contributed by atoms with Gasteiger partial charge in [0.1, 0.15) is 5.60 Å². The number of carboxylic acid groups (broad SMARTS) is 1. The van der Waals surface area contributed by atoms with Gasteiger partial charge in [0.2, 0.25) is 0 Å². The predicted octanol–water partition coefficient (Wildman–Crippen LogP) is 2.83. The van der Waals surface area contributed by atoms with E-state index < -0.39 is 23.6 Å². The summed E-state index contributed by atoms with van der Waals surface area (Å²) in [6.45, 7) is 11.4. The Bertz CT molecular complexity index is 331. The summed E-state index contributed by atoms with van der Waals surface area (Å²) in [5.74, 6) is -1.47. The number of carboxylic acids is 1. The number of carbonyl (C=O) groups is 2. The molecule has 0 aliphatic carbocycles. The molecule has 2 N–H and O–H groups in total. The fraction of sp³-hybridized carbons (Fsp3) is 0.733. The molecule has 0 aliphatic rings. The van der Waals surface area contributed by atoms with Crippen LogP contribution < -0.4 is 5.32 Å². The third kappa shape index (κ3) is 16.4. The van der Waals surface area contributed by atoms with Gasteiger partial charge < -0.3 is 19.9 Å². The number of nitrogens with one attached hydrogen (secondary N) is 1. The van der Waals surface area contributed by atoms with Gasteiger partial charge in [-0.25, -0.2) is 4.79 Å². The van der Waals surface area contributed by atoms with E-state index in [1.54, 1.807) is 47.8 Å². The summed E-state index contributed by atoms with van der Waals surface area (Å²) in [5, 5.41) is 11.3. The van der Waals surface area contributed by atoms with E-state index in [-0.39, 0.29) is 6.04 Å². The number of carbonyl (C=O) groups excluding carboxylic acids is 1. The summed E-state index contributed by atoms with van der Waals surface area (Å²) in [6, 6.07) is -0.272. The van der Waals surface area contributed by atoms with Crippen molar-refractivity contribution in [2.75, 3.05) is 13.7 Å². The minimum Gasteiger partial charge on any atom is -0.481 e. The van der Waals surface area contributed by atoms with Gasteiger partial charge in [0.05, 0.1) is 5.92 Å². The van der Waals surface area contributed by atoms with Crippen molar-refractivity contribution in [2.24, 2.45) is 5.92 Å². The first-order valence-electron chi connectivity index (χ1n) is 6.93. The minimum absolute atomic E-state index is 0.272. The Balaban J connectivity index is 0. The van der Waals surface area contributed by atoms with E-state index in [4.69, 9.17) is 9.84 Å². The molecule has 0 saturated heterocycles. The summed E-state index contributed by atoms with van der Waals surface area (Å²) in [7, 11) is 1.68. The highest BCUT2D eigenvalue weighted by molar-refractivity contribution is 5.71. The van der Waals surface area contributed by atoms with E-state index in [1.807, 2.05) is 6.92 Å². The van der Waals surface area contributed by atoms with Crippen molar-refractivity contribution in [3.8, 4) is 0 Å². The van der Waals surface area contributed by atoms with Gasteiger partial charge in [0.15, 0.2) is 0 Å². The molecule has 21 heavy (non-hydrogen) atoms. The fourth-order valence-electron chi connectivity index (χ4n) is 0.957. The Labute approximate surface area is 127 Å². The lowest BCUT2D eigenvalue weighted by Gasteiger charge is -2.21. The molecule has 0 aliphatic heterocycles. The Morgan fingerprint density at radius 2 is 1.71 bits per heavy atom. The molecule has 0 rings (SSSR count). The van der Waals surface area contributed by atoms with E-state index in [1.165, 1.54) is 6.08 Å². The Hall–Kier alpha value is -1.56. The first-order chi connectivity index (χ1) is 9.53. The van der Waals surface area contributed by atoms with Crippen LogP contribution in [0.5, 0.6) is 0 Å². The van der Waals surface area contributed by atoms with Crippen LogP contribution in [0.4, 0.5) is 4.79 Å². The third-order valence-corrected chi connectivity index (χ3v) is 2.11. The molecule has 0 heterocycles. The van der Waals surface area contributed by atoms with Crippen molar-refractivity contribution in [2.45, 2.75) is 53.2 Å². The van der Waals surface area contributed by atoms with E-state index in [0.29, 0.717) is 0 Å². The van der Waals surface area contributed by atoms with Gasteiger partial charge >= 0.3 is 12.1 Å². The number of hydrogen-bond donors (Lipinski definition) is 2. The van der Waals surface area contributed by atoms with Gasteiger partial charge in [-0.15, -0.1) is 0 Å². The van der Waals surface area contributed by atoms with Gasteiger partial charge in [-0.1, -0.05) is 12.2 Å². The van der Waals surface area contributed by atoms with Crippen molar-refractivity contribution in [3.63, 3.8) is 0 Å². The van der Waals surface area contributed by atoms with Gasteiger partial charge in [0.25, 0.3) is 0 Å². The third-order valence-electron chi connectivity index (χ3n) is 2.11. The van der Waals surface area contributed by atoms with Crippen LogP contribution in [0.15, 0.2) is 12.2 Å². The second-order valence-corrected chi connectivity index (χ2v) is 5.52. The molecule has 124 valence electrons. The number of hydrogen-bond acceptors (Lipinski definition) is 4. The molecule has 0 aromatic carbocycles. The molecule has 2 atom stereocenters. The normalized spacial score (nSPS) is 13.9. The summed E-state index contributed by atoms with van der Waals surface area (Å²) in [5.41, 5.74) is -0.540. The Kier molecular flexibility index (Phi) is 11.5. The minimum atomic E-state index is -0.897.